The number of furan rings is 1. The summed E-state index contributed by atoms with van der Waals surface area (Å²) in [5, 5.41) is 15.0. The van der Waals surface area contributed by atoms with Gasteiger partial charge in [0, 0.05) is 21.7 Å². The average molecular weight is 442 g/mol. The molecule has 0 saturated heterocycles. The van der Waals surface area contributed by atoms with E-state index in [-0.39, 0.29) is 18.0 Å². The monoisotopic (exact) mass is 441 g/mol. The SMILES string of the molecule is Cc1ccc(-c2ccc(/C=N/NC(=O)Cc3ccc(Br)cc3)o2)cc1[N+](=O)[O-]. The lowest BCUT2D eigenvalue weighted by atomic mass is 10.1. The van der Waals surface area contributed by atoms with Crippen LogP contribution in [0.5, 0.6) is 0 Å². The van der Waals surface area contributed by atoms with Crippen LogP contribution in [0.1, 0.15) is 16.9 Å². The number of nitrogens with one attached hydrogen (secondary N) is 1. The number of nitro benzene ring substituents is 1. The van der Waals surface area contributed by atoms with Gasteiger partial charge in [0.2, 0.25) is 5.91 Å². The molecule has 0 saturated carbocycles. The Bertz CT molecular complexity index is 1040. The third-order valence-corrected chi connectivity index (χ3v) is 4.50. The molecule has 0 aliphatic carbocycles. The molecule has 0 bridgehead atoms. The van der Waals surface area contributed by atoms with Crippen LogP contribution in [-0.4, -0.2) is 17.0 Å². The number of hydrazone groups is 1. The second kappa shape index (κ2) is 8.62. The summed E-state index contributed by atoms with van der Waals surface area (Å²) in [5.74, 6) is 0.646. The number of nitro groups is 1. The predicted octanol–water partition coefficient (Wildman–Crippen LogP) is 4.62. The molecule has 3 rings (SSSR count). The fourth-order valence-corrected chi connectivity index (χ4v) is 2.80. The molecule has 28 heavy (non-hydrogen) atoms. The van der Waals surface area contributed by atoms with E-state index in [1.807, 2.05) is 24.3 Å². The Morgan fingerprint density at radius 2 is 1.96 bits per heavy atom. The number of amides is 1. The molecule has 142 valence electrons. The molecule has 0 radical (unpaired) electrons. The molecule has 0 aliphatic rings. The van der Waals surface area contributed by atoms with Gasteiger partial charge in [0.1, 0.15) is 11.5 Å². The van der Waals surface area contributed by atoms with Gasteiger partial charge in [-0.25, -0.2) is 5.43 Å². The fraction of sp³-hybridized carbons (Fsp3) is 0.100. The minimum absolute atomic E-state index is 0.0318. The maximum Gasteiger partial charge on any atom is 0.273 e. The predicted molar refractivity (Wildman–Crippen MR) is 109 cm³/mol. The summed E-state index contributed by atoms with van der Waals surface area (Å²) in [4.78, 5) is 22.6. The summed E-state index contributed by atoms with van der Waals surface area (Å²) in [6.45, 7) is 1.68. The summed E-state index contributed by atoms with van der Waals surface area (Å²) >= 11 is 3.34. The summed E-state index contributed by atoms with van der Waals surface area (Å²) in [6.07, 6.45) is 1.59. The van der Waals surface area contributed by atoms with E-state index in [0.29, 0.717) is 22.6 Å². The molecular weight excluding hydrogens is 426 g/mol. The van der Waals surface area contributed by atoms with E-state index in [1.165, 1.54) is 12.3 Å². The van der Waals surface area contributed by atoms with E-state index in [9.17, 15) is 14.9 Å². The van der Waals surface area contributed by atoms with Gasteiger partial charge in [-0.15, -0.1) is 0 Å². The number of nitrogens with zero attached hydrogens (tertiary/aromatic N) is 2. The van der Waals surface area contributed by atoms with Gasteiger partial charge in [0.05, 0.1) is 17.6 Å². The topological polar surface area (TPSA) is 97.7 Å². The largest absolute Gasteiger partial charge is 0.455 e. The Hall–Kier alpha value is -3.26. The van der Waals surface area contributed by atoms with Crippen molar-refractivity contribution in [2.24, 2.45) is 5.10 Å². The average Bonchev–Trinajstić information content (AvgIpc) is 3.12. The van der Waals surface area contributed by atoms with Crippen molar-refractivity contribution in [1.82, 2.24) is 5.43 Å². The van der Waals surface area contributed by atoms with Gasteiger partial charge >= 0.3 is 0 Å². The smallest absolute Gasteiger partial charge is 0.273 e. The van der Waals surface area contributed by atoms with Crippen molar-refractivity contribution in [3.63, 3.8) is 0 Å². The van der Waals surface area contributed by atoms with Crippen molar-refractivity contribution < 1.29 is 14.1 Å². The number of hydrogen-bond donors (Lipinski definition) is 1. The third kappa shape index (κ3) is 4.92. The number of halogens is 1. The standard InChI is InChI=1S/C20H16BrN3O4/c1-13-2-5-15(11-18(13)24(26)27)19-9-8-17(28-19)12-22-23-20(25)10-14-3-6-16(21)7-4-14/h2-9,11-12H,10H2,1H3,(H,23,25)/b22-12+. The van der Waals surface area contributed by atoms with Gasteiger partial charge in [0.25, 0.3) is 5.69 Å². The molecular formula is C20H16BrN3O4. The Kier molecular flexibility index (Phi) is 6.00. The number of hydrogen-bond acceptors (Lipinski definition) is 5. The highest BCUT2D eigenvalue weighted by Crippen LogP contribution is 2.27. The minimum atomic E-state index is -0.425. The molecule has 0 fully saturated rings. The van der Waals surface area contributed by atoms with Gasteiger partial charge < -0.3 is 4.42 Å². The lowest BCUT2D eigenvalue weighted by Gasteiger charge is -2.01. The summed E-state index contributed by atoms with van der Waals surface area (Å²) in [7, 11) is 0. The Balaban J connectivity index is 1.62. The zero-order chi connectivity index (χ0) is 20.1. The Labute approximate surface area is 169 Å². The number of benzene rings is 2. The van der Waals surface area contributed by atoms with E-state index < -0.39 is 4.92 Å². The van der Waals surface area contributed by atoms with Crippen molar-refractivity contribution in [2.45, 2.75) is 13.3 Å². The fourth-order valence-electron chi connectivity index (χ4n) is 2.53. The van der Waals surface area contributed by atoms with Crippen molar-refractivity contribution in [3.8, 4) is 11.3 Å². The van der Waals surface area contributed by atoms with Crippen LogP contribution in [-0.2, 0) is 11.2 Å². The summed E-state index contributed by atoms with van der Waals surface area (Å²) in [5.41, 5.74) is 4.52. The van der Waals surface area contributed by atoms with Crippen LogP contribution in [0.25, 0.3) is 11.3 Å². The molecule has 1 amide bonds. The van der Waals surface area contributed by atoms with E-state index >= 15 is 0 Å². The van der Waals surface area contributed by atoms with Crippen LogP contribution in [0, 0.1) is 17.0 Å². The molecule has 2 aromatic carbocycles. The number of aryl methyl sites for hydroxylation is 1. The number of carbonyl (C=O) groups is 1. The van der Waals surface area contributed by atoms with Crippen molar-refractivity contribution in [3.05, 3.63) is 86.1 Å². The molecule has 1 N–H and O–H groups in total. The first-order valence-electron chi connectivity index (χ1n) is 8.34. The maximum absolute atomic E-state index is 11.9. The highest BCUT2D eigenvalue weighted by molar-refractivity contribution is 9.10. The van der Waals surface area contributed by atoms with Gasteiger partial charge in [0.15, 0.2) is 0 Å². The third-order valence-electron chi connectivity index (χ3n) is 3.98. The lowest BCUT2D eigenvalue weighted by Crippen LogP contribution is -2.19. The van der Waals surface area contributed by atoms with Crippen LogP contribution < -0.4 is 5.43 Å². The van der Waals surface area contributed by atoms with Crippen LogP contribution in [0.4, 0.5) is 5.69 Å². The van der Waals surface area contributed by atoms with Gasteiger partial charge in [-0.2, -0.15) is 5.10 Å². The molecule has 8 heteroatoms. The Morgan fingerprint density at radius 3 is 2.68 bits per heavy atom. The molecule has 0 spiro atoms. The molecule has 7 nitrogen and oxygen atoms in total. The maximum atomic E-state index is 11.9. The molecule has 0 unspecified atom stereocenters. The lowest BCUT2D eigenvalue weighted by molar-refractivity contribution is -0.385. The van der Waals surface area contributed by atoms with Gasteiger partial charge in [-0.1, -0.05) is 40.2 Å². The van der Waals surface area contributed by atoms with Crippen LogP contribution in [0.2, 0.25) is 0 Å². The minimum Gasteiger partial charge on any atom is -0.455 e. The van der Waals surface area contributed by atoms with E-state index in [0.717, 1.165) is 10.0 Å². The Morgan fingerprint density at radius 1 is 1.21 bits per heavy atom. The quantitative estimate of drug-likeness (QED) is 0.342. The molecule has 0 atom stereocenters. The molecule has 3 aromatic rings. The number of rotatable bonds is 6. The first-order valence-corrected chi connectivity index (χ1v) is 9.13. The number of carbonyl (C=O) groups excluding carboxylic acids is 1. The second-order valence-corrected chi connectivity index (χ2v) is 6.97. The summed E-state index contributed by atoms with van der Waals surface area (Å²) < 4.78 is 6.58. The molecule has 1 heterocycles. The zero-order valence-corrected chi connectivity index (χ0v) is 16.5. The first-order chi connectivity index (χ1) is 13.4. The van der Waals surface area contributed by atoms with E-state index in [4.69, 9.17) is 4.42 Å². The van der Waals surface area contributed by atoms with Crippen LogP contribution in [0.15, 0.2) is 68.6 Å². The van der Waals surface area contributed by atoms with E-state index in [1.54, 1.807) is 31.2 Å². The first kappa shape index (κ1) is 19.5. The zero-order valence-electron chi connectivity index (χ0n) is 14.9. The summed E-state index contributed by atoms with van der Waals surface area (Å²) in [6, 6.07) is 15.7. The van der Waals surface area contributed by atoms with Crippen molar-refractivity contribution in [2.75, 3.05) is 0 Å². The molecule has 1 aromatic heterocycles. The van der Waals surface area contributed by atoms with Crippen LogP contribution in [0.3, 0.4) is 0 Å². The van der Waals surface area contributed by atoms with Gasteiger partial charge in [-0.05, 0) is 36.8 Å². The van der Waals surface area contributed by atoms with Crippen molar-refractivity contribution >= 4 is 33.7 Å². The van der Waals surface area contributed by atoms with Crippen LogP contribution >= 0.6 is 15.9 Å². The second-order valence-electron chi connectivity index (χ2n) is 6.06. The van der Waals surface area contributed by atoms with Crippen molar-refractivity contribution in [1.29, 1.82) is 0 Å². The van der Waals surface area contributed by atoms with Gasteiger partial charge in [-0.3, -0.25) is 14.9 Å². The normalized spacial score (nSPS) is 10.9. The highest BCUT2D eigenvalue weighted by Gasteiger charge is 2.13. The molecule has 0 aliphatic heterocycles. The highest BCUT2D eigenvalue weighted by atomic mass is 79.9. The van der Waals surface area contributed by atoms with E-state index in [2.05, 4.69) is 26.5 Å².